The van der Waals surface area contributed by atoms with Crippen LogP contribution in [-0.2, 0) is 0 Å². The normalized spacial score (nSPS) is 9.07. The molecule has 0 unspecified atom stereocenters. The van der Waals surface area contributed by atoms with Gasteiger partial charge in [-0.25, -0.2) is 4.98 Å². The van der Waals surface area contributed by atoms with Gasteiger partial charge >= 0.3 is 0 Å². The fourth-order valence-corrected chi connectivity index (χ4v) is 1.33. The number of hydrogen-bond donors (Lipinski definition) is 2. The topological polar surface area (TPSA) is 24.9 Å². The first-order valence-electron chi connectivity index (χ1n) is 4.78. The lowest BCUT2D eigenvalue weighted by molar-refractivity contribution is 0.703. The van der Waals surface area contributed by atoms with Crippen LogP contribution in [0.5, 0.6) is 0 Å². The van der Waals surface area contributed by atoms with Gasteiger partial charge in [-0.1, -0.05) is 19.9 Å². The van der Waals surface area contributed by atoms with E-state index in [4.69, 9.17) is 0 Å². The number of nitrogens with one attached hydrogen (secondary N) is 1. The smallest absolute Gasteiger partial charge is 0.106 e. The van der Waals surface area contributed by atoms with Crippen LogP contribution in [0.1, 0.15) is 20.3 Å². The van der Waals surface area contributed by atoms with Crippen molar-refractivity contribution < 1.29 is 0 Å². The molecule has 0 aromatic carbocycles. The summed E-state index contributed by atoms with van der Waals surface area (Å²) >= 11 is 3.96. The SMILES string of the molecule is CCCNCC.SSc1ccccn1. The maximum Gasteiger partial charge on any atom is 0.106 e. The third kappa shape index (κ3) is 8.41. The molecule has 0 bridgehead atoms. The van der Waals surface area contributed by atoms with Crippen molar-refractivity contribution in [2.75, 3.05) is 13.1 Å². The Morgan fingerprint density at radius 3 is 2.50 bits per heavy atom. The molecule has 0 amide bonds. The van der Waals surface area contributed by atoms with E-state index in [2.05, 4.69) is 35.8 Å². The molecule has 0 fully saturated rings. The molecule has 1 aromatic heterocycles. The van der Waals surface area contributed by atoms with Crippen molar-refractivity contribution >= 4 is 22.5 Å². The fraction of sp³-hybridized carbons (Fsp3) is 0.500. The zero-order chi connectivity index (χ0) is 10.6. The maximum absolute atomic E-state index is 3.98. The standard InChI is InChI=1S/C5H5NS2.C5H13N/c7-8-5-3-1-2-4-6-5;1-3-5-6-4-2/h1-4,7H;6H,3-5H2,1-2H3. The minimum absolute atomic E-state index is 0.941. The van der Waals surface area contributed by atoms with Crippen LogP contribution in [0.4, 0.5) is 0 Å². The Bertz CT molecular complexity index is 201. The monoisotopic (exact) mass is 230 g/mol. The van der Waals surface area contributed by atoms with Gasteiger partial charge < -0.3 is 5.32 Å². The van der Waals surface area contributed by atoms with Crippen LogP contribution >= 0.6 is 22.5 Å². The van der Waals surface area contributed by atoms with Gasteiger partial charge in [0.05, 0.1) is 0 Å². The molecule has 80 valence electrons. The van der Waals surface area contributed by atoms with Crippen LogP contribution in [0.25, 0.3) is 0 Å². The van der Waals surface area contributed by atoms with E-state index in [9.17, 15) is 0 Å². The largest absolute Gasteiger partial charge is 0.317 e. The minimum atomic E-state index is 0.941. The van der Waals surface area contributed by atoms with E-state index in [0.29, 0.717) is 0 Å². The van der Waals surface area contributed by atoms with Gasteiger partial charge in [-0.3, -0.25) is 0 Å². The average Bonchev–Trinajstić information content (AvgIpc) is 2.28. The van der Waals surface area contributed by atoms with Crippen LogP contribution in [0.2, 0.25) is 0 Å². The summed E-state index contributed by atoms with van der Waals surface area (Å²) in [5.74, 6) is 0. The van der Waals surface area contributed by atoms with Crippen molar-refractivity contribution in [3.05, 3.63) is 24.4 Å². The van der Waals surface area contributed by atoms with E-state index in [0.717, 1.165) is 18.1 Å². The van der Waals surface area contributed by atoms with Crippen molar-refractivity contribution in [2.24, 2.45) is 0 Å². The molecule has 2 nitrogen and oxygen atoms in total. The Balaban J connectivity index is 0.000000255. The Morgan fingerprint density at radius 1 is 1.43 bits per heavy atom. The first-order valence-corrected chi connectivity index (χ1v) is 6.65. The van der Waals surface area contributed by atoms with Crippen molar-refractivity contribution in [1.29, 1.82) is 0 Å². The predicted octanol–water partition coefficient (Wildman–Crippen LogP) is 3.02. The second-order valence-corrected chi connectivity index (χ2v) is 3.76. The van der Waals surface area contributed by atoms with E-state index in [-0.39, 0.29) is 0 Å². The number of pyridine rings is 1. The molecule has 0 aliphatic rings. The first kappa shape index (κ1) is 13.8. The molecule has 1 N–H and O–H groups in total. The molecule has 0 aliphatic heterocycles. The van der Waals surface area contributed by atoms with E-state index in [1.54, 1.807) is 6.20 Å². The highest BCUT2D eigenvalue weighted by atomic mass is 33.1. The number of hydrogen-bond acceptors (Lipinski definition) is 4. The second-order valence-electron chi connectivity index (χ2n) is 2.61. The van der Waals surface area contributed by atoms with Crippen LogP contribution < -0.4 is 5.32 Å². The molecule has 1 rings (SSSR count). The molecule has 0 saturated carbocycles. The van der Waals surface area contributed by atoms with Gasteiger partial charge in [-0.05, 0) is 42.4 Å². The highest BCUT2D eigenvalue weighted by Gasteiger charge is 1.83. The zero-order valence-corrected chi connectivity index (χ0v) is 10.4. The quantitative estimate of drug-likeness (QED) is 0.472. The van der Waals surface area contributed by atoms with Gasteiger partial charge in [0.2, 0.25) is 0 Å². The van der Waals surface area contributed by atoms with Gasteiger partial charge in [-0.2, -0.15) is 0 Å². The molecule has 0 atom stereocenters. The van der Waals surface area contributed by atoms with Crippen LogP contribution in [0.3, 0.4) is 0 Å². The molecule has 0 saturated heterocycles. The molecule has 0 spiro atoms. The van der Waals surface area contributed by atoms with Gasteiger partial charge in [0.25, 0.3) is 0 Å². The summed E-state index contributed by atoms with van der Waals surface area (Å²) in [4.78, 5) is 3.98. The van der Waals surface area contributed by atoms with Gasteiger partial charge in [0.15, 0.2) is 0 Å². The summed E-state index contributed by atoms with van der Waals surface area (Å²) in [5, 5.41) is 4.14. The molecule has 4 heteroatoms. The maximum atomic E-state index is 3.98. The van der Waals surface area contributed by atoms with Crippen molar-refractivity contribution in [2.45, 2.75) is 25.3 Å². The molecule has 1 aromatic rings. The Hall–Kier alpha value is -0.190. The summed E-state index contributed by atoms with van der Waals surface area (Å²) in [6, 6.07) is 5.73. The number of rotatable bonds is 4. The van der Waals surface area contributed by atoms with Crippen molar-refractivity contribution in [1.82, 2.24) is 10.3 Å². The molecular formula is C10H18N2S2. The van der Waals surface area contributed by atoms with E-state index >= 15 is 0 Å². The summed E-state index contributed by atoms with van der Waals surface area (Å²) in [5.41, 5.74) is 0. The molecule has 14 heavy (non-hydrogen) atoms. The summed E-state index contributed by atoms with van der Waals surface area (Å²) < 4.78 is 0. The third-order valence-electron chi connectivity index (χ3n) is 1.41. The lowest BCUT2D eigenvalue weighted by Crippen LogP contribution is -2.12. The first-order chi connectivity index (χ1) is 6.85. The molecule has 0 radical (unpaired) electrons. The van der Waals surface area contributed by atoms with E-state index in [1.165, 1.54) is 17.2 Å². The van der Waals surface area contributed by atoms with Gasteiger partial charge in [-0.15, -0.1) is 11.7 Å². The highest BCUT2D eigenvalue weighted by molar-refractivity contribution is 8.68. The lowest BCUT2D eigenvalue weighted by atomic mass is 10.5. The van der Waals surface area contributed by atoms with Crippen molar-refractivity contribution in [3.63, 3.8) is 0 Å². The van der Waals surface area contributed by atoms with Crippen LogP contribution in [0.15, 0.2) is 29.4 Å². The minimum Gasteiger partial charge on any atom is -0.317 e. The van der Waals surface area contributed by atoms with Gasteiger partial charge in [0, 0.05) is 6.20 Å². The lowest BCUT2D eigenvalue weighted by Gasteiger charge is -1.91. The fourth-order valence-electron chi connectivity index (χ4n) is 0.755. The predicted molar refractivity (Wildman–Crippen MR) is 67.9 cm³/mol. The third-order valence-corrected chi connectivity index (χ3v) is 2.40. The second kappa shape index (κ2) is 10.9. The van der Waals surface area contributed by atoms with E-state index < -0.39 is 0 Å². The Kier molecular flexibility index (Phi) is 10.7. The van der Waals surface area contributed by atoms with Gasteiger partial charge in [0.1, 0.15) is 5.03 Å². The van der Waals surface area contributed by atoms with Crippen LogP contribution in [-0.4, -0.2) is 18.1 Å². The molecular weight excluding hydrogens is 212 g/mol. The average molecular weight is 230 g/mol. The number of thiol groups is 1. The Morgan fingerprint density at radius 2 is 2.21 bits per heavy atom. The van der Waals surface area contributed by atoms with Crippen molar-refractivity contribution in [3.8, 4) is 0 Å². The summed E-state index contributed by atoms with van der Waals surface area (Å²) in [6.45, 7) is 6.56. The zero-order valence-electron chi connectivity index (χ0n) is 8.73. The number of nitrogens with zero attached hydrogens (tertiary/aromatic N) is 1. The van der Waals surface area contributed by atoms with Crippen LogP contribution in [0, 0.1) is 0 Å². The summed E-state index contributed by atoms with van der Waals surface area (Å²) in [6.07, 6.45) is 2.99. The van der Waals surface area contributed by atoms with E-state index in [1.807, 2.05) is 18.2 Å². The number of aromatic nitrogens is 1. The highest BCUT2D eigenvalue weighted by Crippen LogP contribution is 2.16. The Labute approximate surface area is 95.7 Å². The molecule has 1 heterocycles. The molecule has 0 aliphatic carbocycles. The summed E-state index contributed by atoms with van der Waals surface area (Å²) in [7, 11) is 1.35.